The number of aromatic hydroxyl groups is 2. The van der Waals surface area contributed by atoms with E-state index in [1.54, 1.807) is 25.3 Å². The Morgan fingerprint density at radius 2 is 1.96 bits per heavy atom. The van der Waals surface area contributed by atoms with Crippen LogP contribution in [-0.2, 0) is 0 Å². The summed E-state index contributed by atoms with van der Waals surface area (Å²) in [5.41, 5.74) is 4.37. The smallest absolute Gasteiger partial charge is 0.289 e. The third kappa shape index (κ3) is 3.81. The van der Waals surface area contributed by atoms with E-state index in [0.717, 1.165) is 11.3 Å². The molecule has 0 saturated heterocycles. The van der Waals surface area contributed by atoms with Crippen molar-refractivity contribution in [2.24, 2.45) is 5.10 Å². The number of hydrogen-bond acceptors (Lipinski definition) is 6. The molecule has 0 radical (unpaired) electrons. The van der Waals surface area contributed by atoms with Gasteiger partial charge in [-0.15, -0.1) is 0 Å². The van der Waals surface area contributed by atoms with Gasteiger partial charge in [-0.2, -0.15) is 10.2 Å². The molecule has 26 heavy (non-hydrogen) atoms. The van der Waals surface area contributed by atoms with Crippen molar-refractivity contribution in [2.45, 2.75) is 0 Å². The first kappa shape index (κ1) is 17.0. The van der Waals surface area contributed by atoms with Gasteiger partial charge in [-0.3, -0.25) is 9.89 Å². The van der Waals surface area contributed by atoms with Crippen LogP contribution < -0.4 is 10.2 Å². The molecule has 0 fully saturated rings. The third-order valence-corrected chi connectivity index (χ3v) is 3.59. The van der Waals surface area contributed by atoms with Crippen molar-refractivity contribution in [1.82, 2.24) is 15.6 Å². The third-order valence-electron chi connectivity index (χ3n) is 3.59. The molecule has 1 amide bonds. The zero-order valence-corrected chi connectivity index (χ0v) is 13.8. The van der Waals surface area contributed by atoms with E-state index in [4.69, 9.17) is 4.74 Å². The van der Waals surface area contributed by atoms with Crippen LogP contribution in [0.1, 0.15) is 16.1 Å². The first-order valence-electron chi connectivity index (χ1n) is 7.62. The quantitative estimate of drug-likeness (QED) is 0.415. The first-order chi connectivity index (χ1) is 12.6. The molecule has 1 heterocycles. The monoisotopic (exact) mass is 352 g/mol. The van der Waals surface area contributed by atoms with Crippen LogP contribution >= 0.6 is 0 Å². The summed E-state index contributed by atoms with van der Waals surface area (Å²) < 4.78 is 5.10. The molecule has 0 aliphatic heterocycles. The summed E-state index contributed by atoms with van der Waals surface area (Å²) in [5, 5.41) is 29.4. The zero-order valence-electron chi connectivity index (χ0n) is 13.8. The Hall–Kier alpha value is -3.81. The molecule has 0 spiro atoms. The predicted molar refractivity (Wildman–Crippen MR) is 95.4 cm³/mol. The molecule has 132 valence electrons. The molecule has 0 atom stereocenters. The Kier molecular flexibility index (Phi) is 4.84. The van der Waals surface area contributed by atoms with Gasteiger partial charge in [-0.1, -0.05) is 0 Å². The van der Waals surface area contributed by atoms with Crippen LogP contribution in [0.5, 0.6) is 17.2 Å². The van der Waals surface area contributed by atoms with E-state index >= 15 is 0 Å². The molecule has 0 bridgehead atoms. The second-order valence-corrected chi connectivity index (χ2v) is 5.34. The second-order valence-electron chi connectivity index (χ2n) is 5.34. The van der Waals surface area contributed by atoms with Crippen LogP contribution in [0.4, 0.5) is 0 Å². The van der Waals surface area contributed by atoms with E-state index in [2.05, 4.69) is 20.7 Å². The minimum Gasteiger partial charge on any atom is -0.508 e. The lowest BCUT2D eigenvalue weighted by Crippen LogP contribution is -2.18. The number of methoxy groups -OCH3 is 1. The Labute approximate surface area is 148 Å². The van der Waals surface area contributed by atoms with Gasteiger partial charge >= 0.3 is 0 Å². The van der Waals surface area contributed by atoms with Gasteiger partial charge in [0.25, 0.3) is 5.91 Å². The lowest BCUT2D eigenvalue weighted by Gasteiger charge is -2.00. The number of carbonyl (C=O) groups is 1. The maximum atomic E-state index is 12.1. The van der Waals surface area contributed by atoms with Crippen LogP contribution in [-0.4, -0.2) is 39.6 Å². The summed E-state index contributed by atoms with van der Waals surface area (Å²) in [6.45, 7) is 0. The van der Waals surface area contributed by atoms with E-state index in [-0.39, 0.29) is 17.2 Å². The van der Waals surface area contributed by atoms with Crippen molar-refractivity contribution >= 4 is 12.1 Å². The number of benzene rings is 2. The maximum absolute atomic E-state index is 12.1. The Balaban J connectivity index is 1.66. The van der Waals surface area contributed by atoms with Crippen LogP contribution in [0.25, 0.3) is 11.3 Å². The number of rotatable bonds is 5. The maximum Gasteiger partial charge on any atom is 0.289 e. The highest BCUT2D eigenvalue weighted by Crippen LogP contribution is 2.22. The average Bonchev–Trinajstić information content (AvgIpc) is 3.14. The summed E-state index contributed by atoms with van der Waals surface area (Å²) in [6, 6.07) is 12.9. The van der Waals surface area contributed by atoms with Gasteiger partial charge in [0.15, 0.2) is 0 Å². The lowest BCUT2D eigenvalue weighted by molar-refractivity contribution is 0.0950. The van der Waals surface area contributed by atoms with Crippen LogP contribution in [0, 0.1) is 0 Å². The summed E-state index contributed by atoms with van der Waals surface area (Å²) in [5.74, 6) is 0.0411. The summed E-state index contributed by atoms with van der Waals surface area (Å²) >= 11 is 0. The highest BCUT2D eigenvalue weighted by molar-refractivity contribution is 5.94. The van der Waals surface area contributed by atoms with Gasteiger partial charge in [-0.05, 0) is 42.5 Å². The number of hydrazone groups is 1. The summed E-state index contributed by atoms with van der Waals surface area (Å²) in [7, 11) is 1.59. The van der Waals surface area contributed by atoms with Gasteiger partial charge in [-0.25, -0.2) is 5.43 Å². The topological polar surface area (TPSA) is 120 Å². The molecule has 1 aromatic heterocycles. The van der Waals surface area contributed by atoms with Crippen LogP contribution in [0.2, 0.25) is 0 Å². The van der Waals surface area contributed by atoms with Gasteiger partial charge in [0.05, 0.1) is 19.0 Å². The standard InChI is InChI=1S/C18H16N4O4/c1-26-14-6-3-11(4-7-14)15-9-16(21-20-15)18(25)22-19-10-12-2-5-13(23)8-17(12)24/h2-10,23-24H,1H3,(H,20,21)(H,22,25). The normalized spacial score (nSPS) is 10.8. The SMILES string of the molecule is COc1ccc(-c2cc(C(=O)NN=Cc3ccc(O)cc3O)[nH]n2)cc1. The number of phenols is 2. The predicted octanol–water partition coefficient (Wildman–Crippen LogP) is 2.26. The number of aromatic nitrogens is 2. The Morgan fingerprint density at radius 3 is 2.65 bits per heavy atom. The number of aromatic amines is 1. The van der Waals surface area contributed by atoms with Gasteiger partial charge in [0.2, 0.25) is 0 Å². The minimum absolute atomic E-state index is 0.0628. The molecular weight excluding hydrogens is 336 g/mol. The van der Waals surface area contributed by atoms with Gasteiger partial charge in [0.1, 0.15) is 22.9 Å². The van der Waals surface area contributed by atoms with Gasteiger partial charge < -0.3 is 14.9 Å². The molecule has 3 rings (SSSR count). The van der Waals surface area contributed by atoms with E-state index in [9.17, 15) is 15.0 Å². The molecule has 2 aromatic carbocycles. The van der Waals surface area contributed by atoms with Crippen LogP contribution in [0.15, 0.2) is 53.6 Å². The van der Waals surface area contributed by atoms with E-state index in [1.165, 1.54) is 24.4 Å². The molecule has 8 nitrogen and oxygen atoms in total. The van der Waals surface area contributed by atoms with Crippen molar-refractivity contribution in [1.29, 1.82) is 0 Å². The molecule has 0 unspecified atom stereocenters. The highest BCUT2D eigenvalue weighted by Gasteiger charge is 2.10. The fraction of sp³-hybridized carbons (Fsp3) is 0.0556. The van der Waals surface area contributed by atoms with Crippen molar-refractivity contribution in [3.05, 3.63) is 59.8 Å². The number of amides is 1. The highest BCUT2D eigenvalue weighted by atomic mass is 16.5. The fourth-order valence-corrected chi connectivity index (χ4v) is 2.21. The summed E-state index contributed by atoms with van der Waals surface area (Å²) in [4.78, 5) is 12.1. The molecule has 8 heteroatoms. The number of nitrogens with one attached hydrogen (secondary N) is 2. The van der Waals surface area contributed by atoms with Crippen molar-refractivity contribution in [3.8, 4) is 28.5 Å². The lowest BCUT2D eigenvalue weighted by atomic mass is 10.1. The van der Waals surface area contributed by atoms with E-state index < -0.39 is 5.91 Å². The molecule has 3 aromatic rings. The van der Waals surface area contributed by atoms with Gasteiger partial charge in [0, 0.05) is 17.2 Å². The van der Waals surface area contributed by atoms with Crippen LogP contribution in [0.3, 0.4) is 0 Å². The molecular formula is C18H16N4O4. The number of carbonyl (C=O) groups excluding carboxylic acids is 1. The second kappa shape index (κ2) is 7.39. The zero-order chi connectivity index (χ0) is 18.5. The Morgan fingerprint density at radius 1 is 1.19 bits per heavy atom. The van der Waals surface area contributed by atoms with Crippen molar-refractivity contribution in [2.75, 3.05) is 7.11 Å². The molecule has 0 saturated carbocycles. The number of phenolic OH excluding ortho intramolecular Hbond substituents is 2. The number of ether oxygens (including phenoxy) is 1. The molecule has 0 aliphatic rings. The average molecular weight is 352 g/mol. The van der Waals surface area contributed by atoms with Crippen molar-refractivity contribution < 1.29 is 19.7 Å². The molecule has 0 aliphatic carbocycles. The largest absolute Gasteiger partial charge is 0.508 e. The Bertz CT molecular complexity index is 948. The fourth-order valence-electron chi connectivity index (χ4n) is 2.21. The number of hydrogen-bond donors (Lipinski definition) is 4. The first-order valence-corrected chi connectivity index (χ1v) is 7.62. The van der Waals surface area contributed by atoms with E-state index in [1.807, 2.05) is 12.1 Å². The number of nitrogens with zero attached hydrogens (tertiary/aromatic N) is 2. The van der Waals surface area contributed by atoms with Crippen molar-refractivity contribution in [3.63, 3.8) is 0 Å². The number of H-pyrrole nitrogens is 1. The minimum atomic E-state index is -0.480. The van der Waals surface area contributed by atoms with E-state index in [0.29, 0.717) is 11.3 Å². The summed E-state index contributed by atoms with van der Waals surface area (Å²) in [6.07, 6.45) is 1.27. The molecule has 4 N–H and O–H groups in total.